The molecular weight excluding hydrogens is 272 g/mol. The number of nitrogens with two attached hydrogens (primary N) is 1. The number of aromatic nitrogens is 3. The molecule has 0 unspecified atom stereocenters. The van der Waals surface area contributed by atoms with E-state index in [1.54, 1.807) is 11.8 Å². The van der Waals surface area contributed by atoms with Crippen LogP contribution in [0.2, 0.25) is 0 Å². The lowest BCUT2D eigenvalue weighted by Gasteiger charge is -2.05. The summed E-state index contributed by atoms with van der Waals surface area (Å²) in [5, 5.41) is 9.14. The van der Waals surface area contributed by atoms with Gasteiger partial charge in [0.25, 0.3) is 0 Å². The van der Waals surface area contributed by atoms with Crippen molar-refractivity contribution in [3.63, 3.8) is 0 Å². The van der Waals surface area contributed by atoms with Gasteiger partial charge in [-0.15, -0.1) is 10.2 Å². The molecule has 2 N–H and O–H groups in total. The van der Waals surface area contributed by atoms with Crippen molar-refractivity contribution in [1.29, 1.82) is 0 Å². The Kier molecular flexibility index (Phi) is 3.93. The summed E-state index contributed by atoms with van der Waals surface area (Å²) in [5.41, 5.74) is 8.27. The van der Waals surface area contributed by atoms with E-state index in [4.69, 9.17) is 10.5 Å². The second-order valence-electron chi connectivity index (χ2n) is 4.80. The Balaban J connectivity index is 1.58. The Hall–Kier alpha value is -1.53. The van der Waals surface area contributed by atoms with Gasteiger partial charge in [0.1, 0.15) is 11.6 Å². The van der Waals surface area contributed by atoms with Crippen LogP contribution in [0.5, 0.6) is 5.75 Å². The van der Waals surface area contributed by atoms with E-state index in [9.17, 15) is 0 Å². The van der Waals surface area contributed by atoms with Crippen LogP contribution in [0.25, 0.3) is 0 Å². The zero-order valence-corrected chi connectivity index (χ0v) is 12.3. The summed E-state index contributed by atoms with van der Waals surface area (Å²) in [5.74, 6) is 2.85. The van der Waals surface area contributed by atoms with Gasteiger partial charge in [-0.2, -0.15) is 0 Å². The monoisotopic (exact) mass is 290 g/mol. The number of nitrogens with zero attached hydrogens (tertiary/aromatic N) is 3. The summed E-state index contributed by atoms with van der Waals surface area (Å²) in [4.78, 5) is 0. The van der Waals surface area contributed by atoms with Gasteiger partial charge in [0, 0.05) is 19.2 Å². The van der Waals surface area contributed by atoms with Gasteiger partial charge in [-0.25, -0.2) is 0 Å². The number of aryl methyl sites for hydroxylation is 1. The predicted octanol–water partition coefficient (Wildman–Crippen LogP) is 1.54. The van der Waals surface area contributed by atoms with Crippen LogP contribution in [0, 0.1) is 0 Å². The van der Waals surface area contributed by atoms with Crippen molar-refractivity contribution >= 4 is 11.8 Å². The summed E-state index contributed by atoms with van der Waals surface area (Å²) in [6, 6.07) is 6.48. The SMILES string of the molecule is Cn1c(CN)nnc1SCCc1ccc2c(c1)CCO2. The molecule has 2 aromatic rings. The molecule has 1 aliphatic rings. The minimum atomic E-state index is 0.425. The fourth-order valence-corrected chi connectivity index (χ4v) is 3.22. The summed E-state index contributed by atoms with van der Waals surface area (Å²) in [7, 11) is 1.96. The maximum Gasteiger partial charge on any atom is 0.190 e. The molecule has 0 spiro atoms. The van der Waals surface area contributed by atoms with Crippen molar-refractivity contribution in [1.82, 2.24) is 14.8 Å². The van der Waals surface area contributed by atoms with E-state index >= 15 is 0 Å². The Bertz CT molecular complexity index is 611. The second kappa shape index (κ2) is 5.85. The first-order chi connectivity index (χ1) is 9.78. The average Bonchev–Trinajstić information content (AvgIpc) is 3.05. The summed E-state index contributed by atoms with van der Waals surface area (Å²) in [6.07, 6.45) is 2.04. The molecule has 2 heterocycles. The third-order valence-electron chi connectivity index (χ3n) is 3.48. The van der Waals surface area contributed by atoms with E-state index in [0.717, 1.165) is 41.9 Å². The van der Waals surface area contributed by atoms with Crippen LogP contribution < -0.4 is 10.5 Å². The molecule has 5 nitrogen and oxygen atoms in total. The lowest BCUT2D eigenvalue weighted by atomic mass is 10.1. The molecule has 0 fully saturated rings. The normalized spacial score (nSPS) is 13.3. The zero-order chi connectivity index (χ0) is 13.9. The maximum atomic E-state index is 5.59. The number of ether oxygens (including phenoxy) is 1. The number of thioether (sulfide) groups is 1. The maximum absolute atomic E-state index is 5.59. The number of hydrogen-bond donors (Lipinski definition) is 1. The Labute approximate surface area is 122 Å². The van der Waals surface area contributed by atoms with E-state index in [-0.39, 0.29) is 0 Å². The fraction of sp³-hybridized carbons (Fsp3) is 0.429. The first-order valence-corrected chi connectivity index (χ1v) is 7.72. The Morgan fingerprint density at radius 3 is 3.10 bits per heavy atom. The third-order valence-corrected chi connectivity index (χ3v) is 4.51. The number of fused-ring (bicyclic) bond motifs is 1. The minimum absolute atomic E-state index is 0.425. The molecule has 0 radical (unpaired) electrons. The van der Waals surface area contributed by atoms with Crippen LogP contribution in [0.1, 0.15) is 17.0 Å². The fourth-order valence-electron chi connectivity index (χ4n) is 2.30. The summed E-state index contributed by atoms with van der Waals surface area (Å²) >= 11 is 1.71. The molecule has 0 aliphatic carbocycles. The largest absolute Gasteiger partial charge is 0.493 e. The van der Waals surface area contributed by atoms with Crippen LogP contribution in [0.15, 0.2) is 23.4 Å². The molecule has 6 heteroatoms. The van der Waals surface area contributed by atoms with Crippen LogP contribution >= 0.6 is 11.8 Å². The van der Waals surface area contributed by atoms with Crippen molar-refractivity contribution < 1.29 is 4.74 Å². The molecule has 20 heavy (non-hydrogen) atoms. The number of benzene rings is 1. The van der Waals surface area contributed by atoms with Gasteiger partial charge in [-0.3, -0.25) is 0 Å². The Morgan fingerprint density at radius 1 is 1.40 bits per heavy atom. The molecule has 1 aromatic heterocycles. The second-order valence-corrected chi connectivity index (χ2v) is 5.86. The molecular formula is C14H18N4OS. The van der Waals surface area contributed by atoms with Crippen molar-refractivity contribution in [3.05, 3.63) is 35.2 Å². The third kappa shape index (κ3) is 2.66. The van der Waals surface area contributed by atoms with E-state index in [1.807, 2.05) is 11.6 Å². The molecule has 0 saturated heterocycles. The van der Waals surface area contributed by atoms with Crippen molar-refractivity contribution in [3.8, 4) is 5.75 Å². The standard InChI is InChI=1S/C14H18N4OS/c1-18-13(9-15)16-17-14(18)20-7-5-10-2-3-12-11(8-10)4-6-19-12/h2-3,8H,4-7,9,15H2,1H3. The van der Waals surface area contributed by atoms with E-state index in [2.05, 4.69) is 28.4 Å². The topological polar surface area (TPSA) is 66.0 Å². The van der Waals surface area contributed by atoms with Crippen LogP contribution in [-0.2, 0) is 26.4 Å². The summed E-state index contributed by atoms with van der Waals surface area (Å²) in [6.45, 7) is 1.24. The van der Waals surface area contributed by atoms with Crippen LogP contribution in [-0.4, -0.2) is 27.1 Å². The molecule has 0 atom stereocenters. The van der Waals surface area contributed by atoms with Gasteiger partial charge in [-0.05, 0) is 23.6 Å². The number of hydrogen-bond acceptors (Lipinski definition) is 5. The van der Waals surface area contributed by atoms with E-state index in [1.165, 1.54) is 11.1 Å². The smallest absolute Gasteiger partial charge is 0.190 e. The first-order valence-electron chi connectivity index (χ1n) is 6.73. The van der Waals surface area contributed by atoms with Crippen molar-refractivity contribution in [2.75, 3.05) is 12.4 Å². The first kappa shape index (κ1) is 13.5. The average molecular weight is 290 g/mol. The van der Waals surface area contributed by atoms with Gasteiger partial charge in [0.2, 0.25) is 0 Å². The molecule has 1 aliphatic heterocycles. The highest BCUT2D eigenvalue weighted by Crippen LogP contribution is 2.26. The van der Waals surface area contributed by atoms with Crippen LogP contribution in [0.4, 0.5) is 0 Å². The van der Waals surface area contributed by atoms with Crippen molar-refractivity contribution in [2.45, 2.75) is 24.5 Å². The highest BCUT2D eigenvalue weighted by Gasteiger charge is 2.12. The lowest BCUT2D eigenvalue weighted by molar-refractivity contribution is 0.357. The molecule has 0 amide bonds. The highest BCUT2D eigenvalue weighted by atomic mass is 32.2. The van der Waals surface area contributed by atoms with Crippen LogP contribution in [0.3, 0.4) is 0 Å². The lowest BCUT2D eigenvalue weighted by Crippen LogP contribution is -2.05. The summed E-state index contributed by atoms with van der Waals surface area (Å²) < 4.78 is 7.48. The van der Waals surface area contributed by atoms with Gasteiger partial charge < -0.3 is 15.0 Å². The quantitative estimate of drug-likeness (QED) is 0.846. The molecule has 0 bridgehead atoms. The minimum Gasteiger partial charge on any atom is -0.493 e. The highest BCUT2D eigenvalue weighted by molar-refractivity contribution is 7.99. The predicted molar refractivity (Wildman–Crippen MR) is 79.0 cm³/mol. The molecule has 106 valence electrons. The van der Waals surface area contributed by atoms with Crippen molar-refractivity contribution in [2.24, 2.45) is 12.8 Å². The van der Waals surface area contributed by atoms with Gasteiger partial charge in [-0.1, -0.05) is 23.9 Å². The van der Waals surface area contributed by atoms with E-state index < -0.39 is 0 Å². The zero-order valence-electron chi connectivity index (χ0n) is 11.5. The molecule has 1 aromatic carbocycles. The van der Waals surface area contributed by atoms with Gasteiger partial charge in [0.05, 0.1) is 13.2 Å². The molecule has 0 saturated carbocycles. The van der Waals surface area contributed by atoms with Gasteiger partial charge >= 0.3 is 0 Å². The molecule has 3 rings (SSSR count). The van der Waals surface area contributed by atoms with E-state index in [0.29, 0.717) is 6.54 Å². The number of rotatable bonds is 5. The van der Waals surface area contributed by atoms with Gasteiger partial charge in [0.15, 0.2) is 5.16 Å². The Morgan fingerprint density at radius 2 is 2.30 bits per heavy atom.